The van der Waals surface area contributed by atoms with Crippen molar-refractivity contribution in [2.24, 2.45) is 0 Å². The molecule has 4 rings (SSSR count). The maximum atomic E-state index is 12.0. The molecule has 7 heteroatoms. The molecule has 7 nitrogen and oxygen atoms in total. The third-order valence-electron chi connectivity index (χ3n) is 4.50. The van der Waals surface area contributed by atoms with E-state index in [0.717, 1.165) is 31.7 Å². The van der Waals surface area contributed by atoms with E-state index in [-0.39, 0.29) is 11.9 Å². The van der Waals surface area contributed by atoms with Crippen LogP contribution in [0.4, 0.5) is 5.82 Å². The molecule has 0 aromatic carbocycles. The van der Waals surface area contributed by atoms with Crippen LogP contribution >= 0.6 is 0 Å². The molecular weight excluding hydrogens is 280 g/mol. The van der Waals surface area contributed by atoms with Crippen molar-refractivity contribution in [1.29, 1.82) is 0 Å². The SMILES string of the molecule is O=C(NC1CCN(c2cc(C3CC3)[nH]n2)CC1)c1ccn[nH]1. The van der Waals surface area contributed by atoms with E-state index in [2.05, 4.69) is 36.7 Å². The Kier molecular flexibility index (Phi) is 3.32. The zero-order valence-corrected chi connectivity index (χ0v) is 12.4. The zero-order chi connectivity index (χ0) is 14.9. The molecule has 3 heterocycles. The molecule has 2 aromatic heterocycles. The summed E-state index contributed by atoms with van der Waals surface area (Å²) in [5.74, 6) is 1.67. The Morgan fingerprint density at radius 3 is 2.73 bits per heavy atom. The zero-order valence-electron chi connectivity index (χ0n) is 12.4. The predicted octanol–water partition coefficient (Wildman–Crippen LogP) is 1.41. The summed E-state index contributed by atoms with van der Waals surface area (Å²) in [6.45, 7) is 1.84. The summed E-state index contributed by atoms with van der Waals surface area (Å²) in [5, 5.41) is 17.1. The van der Waals surface area contributed by atoms with Crippen molar-refractivity contribution in [3.63, 3.8) is 0 Å². The third kappa shape index (κ3) is 2.70. The lowest BCUT2D eigenvalue weighted by Gasteiger charge is -2.32. The number of hydrogen-bond donors (Lipinski definition) is 3. The fraction of sp³-hybridized carbons (Fsp3) is 0.533. The molecule has 1 amide bonds. The van der Waals surface area contributed by atoms with Crippen molar-refractivity contribution in [2.45, 2.75) is 37.6 Å². The minimum absolute atomic E-state index is 0.0771. The third-order valence-corrected chi connectivity index (χ3v) is 4.50. The van der Waals surface area contributed by atoms with E-state index in [1.54, 1.807) is 12.3 Å². The van der Waals surface area contributed by atoms with Gasteiger partial charge in [-0.1, -0.05) is 0 Å². The van der Waals surface area contributed by atoms with Gasteiger partial charge in [0, 0.05) is 43.0 Å². The Morgan fingerprint density at radius 1 is 1.23 bits per heavy atom. The van der Waals surface area contributed by atoms with Crippen molar-refractivity contribution in [3.8, 4) is 0 Å². The molecule has 1 aliphatic carbocycles. The van der Waals surface area contributed by atoms with Crippen LogP contribution in [-0.4, -0.2) is 45.4 Å². The number of hydrogen-bond acceptors (Lipinski definition) is 4. The number of H-pyrrole nitrogens is 2. The molecule has 2 fully saturated rings. The van der Waals surface area contributed by atoms with Crippen molar-refractivity contribution in [1.82, 2.24) is 25.7 Å². The van der Waals surface area contributed by atoms with Crippen molar-refractivity contribution in [2.75, 3.05) is 18.0 Å². The van der Waals surface area contributed by atoms with Gasteiger partial charge in [-0.05, 0) is 31.7 Å². The highest BCUT2D eigenvalue weighted by molar-refractivity contribution is 5.92. The van der Waals surface area contributed by atoms with Crippen LogP contribution in [0.1, 0.15) is 47.8 Å². The van der Waals surface area contributed by atoms with Gasteiger partial charge in [-0.15, -0.1) is 0 Å². The maximum Gasteiger partial charge on any atom is 0.269 e. The van der Waals surface area contributed by atoms with Crippen molar-refractivity contribution >= 4 is 11.7 Å². The minimum atomic E-state index is -0.0771. The maximum absolute atomic E-state index is 12.0. The second-order valence-corrected chi connectivity index (χ2v) is 6.16. The molecule has 2 aromatic rings. The molecule has 22 heavy (non-hydrogen) atoms. The van der Waals surface area contributed by atoms with Gasteiger partial charge in [0.05, 0.1) is 0 Å². The summed E-state index contributed by atoms with van der Waals surface area (Å²) in [6.07, 6.45) is 6.02. The van der Waals surface area contributed by atoms with E-state index in [4.69, 9.17) is 0 Å². The number of aromatic amines is 2. The van der Waals surface area contributed by atoms with Gasteiger partial charge in [0.25, 0.3) is 5.91 Å². The van der Waals surface area contributed by atoms with Gasteiger partial charge in [0.1, 0.15) is 5.69 Å². The highest BCUT2D eigenvalue weighted by Gasteiger charge is 2.27. The smallest absolute Gasteiger partial charge is 0.269 e. The number of nitrogens with zero attached hydrogens (tertiary/aromatic N) is 3. The number of nitrogens with one attached hydrogen (secondary N) is 3. The monoisotopic (exact) mass is 300 g/mol. The summed E-state index contributed by atoms with van der Waals surface area (Å²) >= 11 is 0. The average molecular weight is 300 g/mol. The number of piperidine rings is 1. The predicted molar refractivity (Wildman–Crippen MR) is 81.9 cm³/mol. The molecule has 1 saturated heterocycles. The lowest BCUT2D eigenvalue weighted by Crippen LogP contribution is -2.44. The van der Waals surface area contributed by atoms with E-state index in [0.29, 0.717) is 11.6 Å². The standard InChI is InChI=1S/C15H20N6O/c22-15(12-3-6-16-18-12)17-11-4-7-21(8-5-11)14-9-13(19-20-14)10-1-2-10/h3,6,9-11H,1-2,4-5,7-8H2,(H,16,18)(H,17,22)(H,19,20). The molecule has 0 bridgehead atoms. The van der Waals surface area contributed by atoms with Crippen LogP contribution in [0.5, 0.6) is 0 Å². The van der Waals surface area contributed by atoms with Gasteiger partial charge in [-0.25, -0.2) is 0 Å². The molecule has 0 radical (unpaired) electrons. The first-order valence-corrected chi connectivity index (χ1v) is 7.90. The molecule has 2 aliphatic rings. The van der Waals surface area contributed by atoms with E-state index >= 15 is 0 Å². The van der Waals surface area contributed by atoms with Gasteiger partial charge >= 0.3 is 0 Å². The molecule has 116 valence electrons. The second kappa shape index (κ2) is 5.47. The van der Waals surface area contributed by atoms with E-state index < -0.39 is 0 Å². The summed E-state index contributed by atoms with van der Waals surface area (Å²) < 4.78 is 0. The number of carbonyl (C=O) groups excluding carboxylic acids is 1. The van der Waals surface area contributed by atoms with Gasteiger partial charge in [0.15, 0.2) is 5.82 Å². The normalized spacial score (nSPS) is 19.4. The van der Waals surface area contributed by atoms with E-state index in [9.17, 15) is 4.79 Å². The van der Waals surface area contributed by atoms with Crippen LogP contribution in [0, 0.1) is 0 Å². The number of aromatic nitrogens is 4. The number of carbonyl (C=O) groups is 1. The van der Waals surface area contributed by atoms with Crippen molar-refractivity contribution < 1.29 is 4.79 Å². The summed E-state index contributed by atoms with van der Waals surface area (Å²) in [4.78, 5) is 14.3. The number of anilines is 1. The molecule has 0 unspecified atom stereocenters. The van der Waals surface area contributed by atoms with Gasteiger partial charge in [0.2, 0.25) is 0 Å². The summed E-state index contributed by atoms with van der Waals surface area (Å²) in [5.41, 5.74) is 1.79. The minimum Gasteiger partial charge on any atom is -0.355 e. The Bertz CT molecular complexity index is 637. The first-order valence-electron chi connectivity index (χ1n) is 7.90. The fourth-order valence-electron chi connectivity index (χ4n) is 2.99. The van der Waals surface area contributed by atoms with Crippen LogP contribution in [0.25, 0.3) is 0 Å². The Balaban J connectivity index is 1.31. The Morgan fingerprint density at radius 2 is 2.05 bits per heavy atom. The highest BCUT2D eigenvalue weighted by Crippen LogP contribution is 2.40. The topological polar surface area (TPSA) is 89.7 Å². The summed E-state index contributed by atoms with van der Waals surface area (Å²) in [6, 6.07) is 4.09. The lowest BCUT2D eigenvalue weighted by molar-refractivity contribution is 0.0926. The van der Waals surface area contributed by atoms with Crippen LogP contribution in [0.15, 0.2) is 18.3 Å². The Hall–Kier alpha value is -2.31. The molecular formula is C15H20N6O. The van der Waals surface area contributed by atoms with E-state index in [1.807, 2.05) is 0 Å². The highest BCUT2D eigenvalue weighted by atomic mass is 16.2. The second-order valence-electron chi connectivity index (χ2n) is 6.16. The molecule has 1 saturated carbocycles. The first kappa shape index (κ1) is 13.4. The number of rotatable bonds is 4. The Labute approximate surface area is 128 Å². The van der Waals surface area contributed by atoms with Crippen LogP contribution in [-0.2, 0) is 0 Å². The van der Waals surface area contributed by atoms with Crippen LogP contribution in [0.3, 0.4) is 0 Å². The largest absolute Gasteiger partial charge is 0.355 e. The first-order chi connectivity index (χ1) is 10.8. The summed E-state index contributed by atoms with van der Waals surface area (Å²) in [7, 11) is 0. The van der Waals surface area contributed by atoms with Gasteiger partial charge in [-0.2, -0.15) is 10.2 Å². The van der Waals surface area contributed by atoms with Crippen LogP contribution < -0.4 is 10.2 Å². The van der Waals surface area contributed by atoms with Gasteiger partial charge in [-0.3, -0.25) is 15.0 Å². The average Bonchev–Trinajstić information content (AvgIpc) is 3.05. The lowest BCUT2D eigenvalue weighted by atomic mass is 10.0. The molecule has 0 spiro atoms. The number of amides is 1. The van der Waals surface area contributed by atoms with Crippen molar-refractivity contribution in [3.05, 3.63) is 29.7 Å². The molecule has 0 atom stereocenters. The van der Waals surface area contributed by atoms with E-state index in [1.165, 1.54) is 18.5 Å². The fourth-order valence-corrected chi connectivity index (χ4v) is 2.99. The molecule has 1 aliphatic heterocycles. The van der Waals surface area contributed by atoms with Gasteiger partial charge < -0.3 is 10.2 Å². The quantitative estimate of drug-likeness (QED) is 0.796. The molecule has 3 N–H and O–H groups in total. The van der Waals surface area contributed by atoms with Crippen LogP contribution in [0.2, 0.25) is 0 Å².